The summed E-state index contributed by atoms with van der Waals surface area (Å²) in [5.74, 6) is -0.334. The van der Waals surface area contributed by atoms with Crippen molar-refractivity contribution in [1.82, 2.24) is 14.1 Å². The van der Waals surface area contributed by atoms with Crippen LogP contribution < -0.4 is 5.32 Å². The fourth-order valence-corrected chi connectivity index (χ4v) is 8.01. The van der Waals surface area contributed by atoms with E-state index in [1.54, 1.807) is 12.1 Å². The molecule has 1 saturated heterocycles. The van der Waals surface area contributed by atoms with Crippen molar-refractivity contribution in [2.45, 2.75) is 70.7 Å². The van der Waals surface area contributed by atoms with Crippen LogP contribution in [0.3, 0.4) is 0 Å². The van der Waals surface area contributed by atoms with Crippen LogP contribution >= 0.6 is 11.3 Å². The Bertz CT molecular complexity index is 1230. The third-order valence-corrected chi connectivity index (χ3v) is 10.5. The van der Waals surface area contributed by atoms with E-state index in [2.05, 4.69) is 17.1 Å². The SMILES string of the molecule is CCCCN(CC)S(=O)(=O)c1ccc(C(=O)Nc2sc3c(c2C(=O)N2CCCC2)CCN(CCC)C3)cc1. The number of carbonyl (C=O) groups is 2. The van der Waals surface area contributed by atoms with Crippen LogP contribution in [0, 0.1) is 0 Å². The summed E-state index contributed by atoms with van der Waals surface area (Å²) in [6.07, 6.45) is 5.60. The molecule has 0 saturated carbocycles. The maximum absolute atomic E-state index is 13.5. The van der Waals surface area contributed by atoms with E-state index in [1.165, 1.54) is 27.8 Å². The molecular weight excluding hydrogens is 520 g/mol. The van der Waals surface area contributed by atoms with Crippen molar-refractivity contribution in [1.29, 1.82) is 0 Å². The molecule has 0 spiro atoms. The Hall–Kier alpha value is -2.27. The number of fused-ring (bicyclic) bond motifs is 1. The summed E-state index contributed by atoms with van der Waals surface area (Å²) in [7, 11) is -3.62. The second-order valence-electron chi connectivity index (χ2n) is 10.1. The average Bonchev–Trinajstić information content (AvgIpc) is 3.57. The molecule has 0 aliphatic carbocycles. The molecule has 4 rings (SSSR count). The standard InChI is InChI=1S/C28H40N4O4S2/c1-4-7-18-32(6-3)38(35,36)22-12-10-21(11-13-22)26(33)29-27-25(28(34)31-16-8-9-17-31)23-14-19-30(15-5-2)20-24(23)37-27/h10-13H,4-9,14-20H2,1-3H3,(H,29,33). The second kappa shape index (κ2) is 12.7. The fourth-order valence-electron chi connectivity index (χ4n) is 5.24. The van der Waals surface area contributed by atoms with Crippen molar-refractivity contribution in [3.8, 4) is 0 Å². The molecule has 1 fully saturated rings. The Morgan fingerprint density at radius 2 is 1.74 bits per heavy atom. The van der Waals surface area contributed by atoms with Gasteiger partial charge in [-0.05, 0) is 68.5 Å². The Balaban J connectivity index is 1.57. The zero-order valence-electron chi connectivity index (χ0n) is 22.8. The van der Waals surface area contributed by atoms with Gasteiger partial charge in [0.15, 0.2) is 0 Å². The van der Waals surface area contributed by atoms with Crippen LogP contribution in [0.25, 0.3) is 0 Å². The number of unbranched alkanes of at least 4 members (excludes halogenated alkanes) is 1. The number of nitrogens with zero attached hydrogens (tertiary/aromatic N) is 3. The van der Waals surface area contributed by atoms with Crippen LogP contribution in [-0.4, -0.2) is 73.6 Å². The van der Waals surface area contributed by atoms with Gasteiger partial charge >= 0.3 is 0 Å². The molecule has 2 aromatic rings. The zero-order valence-corrected chi connectivity index (χ0v) is 24.4. The summed E-state index contributed by atoms with van der Waals surface area (Å²) in [5, 5.41) is 3.61. The topological polar surface area (TPSA) is 90.0 Å². The van der Waals surface area contributed by atoms with Gasteiger partial charge in [0.25, 0.3) is 11.8 Å². The number of benzene rings is 1. The van der Waals surface area contributed by atoms with Crippen LogP contribution in [-0.2, 0) is 23.0 Å². The molecule has 0 unspecified atom stereocenters. The van der Waals surface area contributed by atoms with E-state index >= 15 is 0 Å². The molecule has 2 aliphatic heterocycles. The third kappa shape index (κ3) is 6.14. The molecule has 0 radical (unpaired) electrons. The molecule has 1 N–H and O–H groups in total. The maximum atomic E-state index is 13.5. The van der Waals surface area contributed by atoms with Gasteiger partial charge in [0.05, 0.1) is 10.5 Å². The smallest absolute Gasteiger partial charge is 0.257 e. The maximum Gasteiger partial charge on any atom is 0.257 e. The summed E-state index contributed by atoms with van der Waals surface area (Å²) in [6, 6.07) is 6.09. The summed E-state index contributed by atoms with van der Waals surface area (Å²) < 4.78 is 27.6. The van der Waals surface area contributed by atoms with Gasteiger partial charge in [0.2, 0.25) is 10.0 Å². The number of likely N-dealkylation sites (tertiary alicyclic amines) is 1. The van der Waals surface area contributed by atoms with Crippen LogP contribution in [0.5, 0.6) is 0 Å². The molecule has 0 bridgehead atoms. The molecule has 2 aliphatic rings. The highest BCUT2D eigenvalue weighted by Crippen LogP contribution is 2.38. The molecule has 0 atom stereocenters. The molecule has 10 heteroatoms. The molecular formula is C28H40N4O4S2. The van der Waals surface area contributed by atoms with Gasteiger partial charge < -0.3 is 10.2 Å². The van der Waals surface area contributed by atoms with E-state index in [-0.39, 0.29) is 16.7 Å². The lowest BCUT2D eigenvalue weighted by Gasteiger charge is -2.27. The number of thiophene rings is 1. The number of hydrogen-bond acceptors (Lipinski definition) is 6. The van der Waals surface area contributed by atoms with E-state index < -0.39 is 10.0 Å². The van der Waals surface area contributed by atoms with E-state index in [0.29, 0.717) is 29.2 Å². The molecule has 2 amide bonds. The van der Waals surface area contributed by atoms with E-state index in [9.17, 15) is 18.0 Å². The minimum atomic E-state index is -3.62. The van der Waals surface area contributed by atoms with Gasteiger partial charge in [-0.3, -0.25) is 14.5 Å². The molecule has 8 nitrogen and oxygen atoms in total. The van der Waals surface area contributed by atoms with E-state index in [4.69, 9.17) is 0 Å². The van der Waals surface area contributed by atoms with E-state index in [0.717, 1.165) is 81.7 Å². The van der Waals surface area contributed by atoms with Crippen molar-refractivity contribution in [3.63, 3.8) is 0 Å². The summed E-state index contributed by atoms with van der Waals surface area (Å²) in [6.45, 7) is 11.1. The first-order valence-electron chi connectivity index (χ1n) is 13.9. The summed E-state index contributed by atoms with van der Waals surface area (Å²) >= 11 is 1.50. The Kier molecular flexibility index (Phi) is 9.62. The minimum absolute atomic E-state index is 0.00687. The van der Waals surface area contributed by atoms with Gasteiger partial charge in [-0.25, -0.2) is 8.42 Å². The molecule has 38 heavy (non-hydrogen) atoms. The monoisotopic (exact) mass is 560 g/mol. The number of anilines is 1. The number of rotatable bonds is 11. The number of hydrogen-bond donors (Lipinski definition) is 1. The lowest BCUT2D eigenvalue weighted by atomic mass is 10.0. The number of sulfonamides is 1. The van der Waals surface area contributed by atoms with E-state index in [1.807, 2.05) is 18.7 Å². The quantitative estimate of drug-likeness (QED) is 0.426. The lowest BCUT2D eigenvalue weighted by Crippen LogP contribution is -2.33. The van der Waals surface area contributed by atoms with Gasteiger partial charge in [0.1, 0.15) is 5.00 Å². The van der Waals surface area contributed by atoms with Crippen LogP contribution in [0.1, 0.15) is 84.0 Å². The van der Waals surface area contributed by atoms with Gasteiger partial charge in [-0.15, -0.1) is 11.3 Å². The number of amides is 2. The predicted molar refractivity (Wildman–Crippen MR) is 152 cm³/mol. The second-order valence-corrected chi connectivity index (χ2v) is 13.1. The summed E-state index contributed by atoms with van der Waals surface area (Å²) in [4.78, 5) is 32.4. The van der Waals surface area contributed by atoms with Crippen LogP contribution in [0.2, 0.25) is 0 Å². The predicted octanol–water partition coefficient (Wildman–Crippen LogP) is 4.82. The highest BCUT2D eigenvalue weighted by molar-refractivity contribution is 7.89. The first-order valence-corrected chi connectivity index (χ1v) is 16.1. The normalized spacial score (nSPS) is 16.2. The van der Waals surface area contributed by atoms with Crippen molar-refractivity contribution < 1.29 is 18.0 Å². The first kappa shape index (κ1) is 28.7. The van der Waals surface area contributed by atoms with Gasteiger partial charge in [0, 0.05) is 49.7 Å². The number of nitrogens with one attached hydrogen (secondary N) is 1. The first-order chi connectivity index (χ1) is 18.3. The largest absolute Gasteiger partial charge is 0.339 e. The fraction of sp³-hybridized carbons (Fsp3) is 0.571. The molecule has 208 valence electrons. The Morgan fingerprint density at radius 3 is 2.37 bits per heavy atom. The van der Waals surface area contributed by atoms with Crippen LogP contribution in [0.15, 0.2) is 29.2 Å². The average molecular weight is 561 g/mol. The van der Waals surface area contributed by atoms with Gasteiger partial charge in [-0.2, -0.15) is 4.31 Å². The van der Waals surface area contributed by atoms with Crippen molar-refractivity contribution in [2.24, 2.45) is 0 Å². The highest BCUT2D eigenvalue weighted by atomic mass is 32.2. The van der Waals surface area contributed by atoms with Crippen LogP contribution in [0.4, 0.5) is 5.00 Å². The Morgan fingerprint density at radius 1 is 1.03 bits per heavy atom. The van der Waals surface area contributed by atoms with Crippen molar-refractivity contribution >= 4 is 38.2 Å². The Labute approximate surface area is 231 Å². The lowest BCUT2D eigenvalue weighted by molar-refractivity contribution is 0.0792. The zero-order chi connectivity index (χ0) is 27.3. The molecule has 1 aromatic carbocycles. The van der Waals surface area contributed by atoms with Gasteiger partial charge in [-0.1, -0.05) is 27.2 Å². The minimum Gasteiger partial charge on any atom is -0.339 e. The molecule has 3 heterocycles. The highest BCUT2D eigenvalue weighted by Gasteiger charge is 2.32. The summed E-state index contributed by atoms with van der Waals surface area (Å²) in [5.41, 5.74) is 2.08. The number of carbonyl (C=O) groups excluding carboxylic acids is 2. The third-order valence-electron chi connectivity index (χ3n) is 7.38. The van der Waals surface area contributed by atoms with Crippen molar-refractivity contribution in [2.75, 3.05) is 44.6 Å². The van der Waals surface area contributed by atoms with Crippen molar-refractivity contribution in [3.05, 3.63) is 45.8 Å². The molecule has 1 aromatic heterocycles.